The Morgan fingerprint density at radius 2 is 1.98 bits per heavy atom. The number of nitrogens with two attached hydrogens (primary N) is 2. The van der Waals surface area contributed by atoms with Gasteiger partial charge in [0.05, 0.1) is 28.5 Å². The number of hydrogen-bond acceptors (Lipinski definition) is 7. The number of ether oxygens (including phenoxy) is 1. The highest BCUT2D eigenvalue weighted by Gasteiger charge is 2.38. The van der Waals surface area contributed by atoms with Crippen molar-refractivity contribution in [3.8, 4) is 6.01 Å². The second kappa shape index (κ2) is 18.1. The molecular weight excluding hydrogens is 571 g/mol. The lowest BCUT2D eigenvalue weighted by Gasteiger charge is -2.32. The minimum absolute atomic E-state index is 0.0351. The molecule has 1 atom stereocenters. The smallest absolute Gasteiger partial charge is 0.419 e. The molecule has 0 unspecified atom stereocenters. The summed E-state index contributed by atoms with van der Waals surface area (Å²) >= 11 is 5.88. The fourth-order valence-electron chi connectivity index (χ4n) is 4.24. The first-order valence-electron chi connectivity index (χ1n) is 13.8. The molecule has 2 aromatic rings. The summed E-state index contributed by atoms with van der Waals surface area (Å²) in [6.45, 7) is 18.0. The lowest BCUT2D eigenvalue weighted by atomic mass is 10.0. The molecule has 13 heteroatoms. The van der Waals surface area contributed by atoms with Crippen molar-refractivity contribution in [3.63, 3.8) is 0 Å². The Morgan fingerprint density at radius 1 is 1.31 bits per heavy atom. The SMILES string of the molecule is C=CC(N)=O.CC.CN1CCC[C@H]1COc1nc(N)c2c(n1)CN(c1cccc(Cl)c1C(F)(F)F)CC2.[C-]#[N+]CCC. The molecular formula is C29H41ClF3N7O2. The Hall–Kier alpha value is -3.56. The molecule has 1 fully saturated rings. The van der Waals surface area contributed by atoms with Crippen LogP contribution in [0.3, 0.4) is 0 Å². The van der Waals surface area contributed by atoms with E-state index in [0.717, 1.165) is 37.4 Å². The molecule has 232 valence electrons. The van der Waals surface area contributed by atoms with Crippen LogP contribution in [0.4, 0.5) is 24.7 Å². The molecule has 42 heavy (non-hydrogen) atoms. The van der Waals surface area contributed by atoms with Gasteiger partial charge in [0.1, 0.15) is 12.4 Å². The van der Waals surface area contributed by atoms with Crippen molar-refractivity contribution in [2.75, 3.05) is 43.9 Å². The summed E-state index contributed by atoms with van der Waals surface area (Å²) in [6, 6.07) is 4.65. The summed E-state index contributed by atoms with van der Waals surface area (Å²) < 4.78 is 46.5. The molecule has 9 nitrogen and oxygen atoms in total. The van der Waals surface area contributed by atoms with E-state index in [4.69, 9.17) is 28.6 Å². The van der Waals surface area contributed by atoms with Crippen molar-refractivity contribution in [1.82, 2.24) is 14.9 Å². The number of alkyl halides is 3. The number of rotatable bonds is 6. The van der Waals surface area contributed by atoms with Crippen molar-refractivity contribution in [3.05, 3.63) is 64.1 Å². The van der Waals surface area contributed by atoms with Gasteiger partial charge in [-0.05, 0) is 51.1 Å². The van der Waals surface area contributed by atoms with Crippen molar-refractivity contribution in [2.24, 2.45) is 5.73 Å². The van der Waals surface area contributed by atoms with Crippen molar-refractivity contribution >= 4 is 29.0 Å². The van der Waals surface area contributed by atoms with E-state index in [-0.39, 0.29) is 23.3 Å². The zero-order chi connectivity index (χ0) is 31.9. The molecule has 3 heterocycles. The molecule has 1 aromatic heterocycles. The number of amides is 1. The van der Waals surface area contributed by atoms with Crippen LogP contribution in [0.15, 0.2) is 30.9 Å². The van der Waals surface area contributed by atoms with Gasteiger partial charge in [-0.15, -0.1) is 0 Å². The maximum Gasteiger partial charge on any atom is 0.419 e. The molecule has 1 amide bonds. The maximum atomic E-state index is 13.6. The van der Waals surface area contributed by atoms with Gasteiger partial charge in [-0.1, -0.05) is 45.0 Å². The van der Waals surface area contributed by atoms with Crippen molar-refractivity contribution in [2.45, 2.75) is 65.2 Å². The molecule has 4 rings (SSSR count). The van der Waals surface area contributed by atoms with Crippen LogP contribution in [0, 0.1) is 6.57 Å². The van der Waals surface area contributed by atoms with Crippen LogP contribution in [-0.4, -0.2) is 60.1 Å². The van der Waals surface area contributed by atoms with Crippen LogP contribution in [0.2, 0.25) is 5.02 Å². The number of carbonyl (C=O) groups is 1. The predicted octanol–water partition coefficient (Wildman–Crippen LogP) is 5.77. The van der Waals surface area contributed by atoms with Gasteiger partial charge in [-0.3, -0.25) is 4.79 Å². The quantitative estimate of drug-likeness (QED) is 0.315. The third kappa shape index (κ3) is 11.0. The van der Waals surface area contributed by atoms with Crippen molar-refractivity contribution < 1.29 is 22.7 Å². The molecule has 2 aliphatic heterocycles. The van der Waals surface area contributed by atoms with Crippen LogP contribution >= 0.6 is 11.6 Å². The summed E-state index contributed by atoms with van der Waals surface area (Å²) in [6.07, 6.45) is 0.0912. The molecule has 4 N–H and O–H groups in total. The van der Waals surface area contributed by atoms with Gasteiger partial charge in [0.15, 0.2) is 0 Å². The molecule has 1 saturated heterocycles. The largest absolute Gasteiger partial charge is 0.462 e. The summed E-state index contributed by atoms with van der Waals surface area (Å²) in [7, 11) is 2.05. The Labute approximate surface area is 251 Å². The van der Waals surface area contributed by atoms with Crippen LogP contribution in [0.1, 0.15) is 56.9 Å². The van der Waals surface area contributed by atoms with E-state index in [2.05, 4.69) is 32.0 Å². The molecule has 0 spiro atoms. The maximum absolute atomic E-state index is 13.6. The fourth-order valence-corrected chi connectivity index (χ4v) is 4.51. The van der Waals surface area contributed by atoms with E-state index >= 15 is 0 Å². The first-order chi connectivity index (χ1) is 19.9. The number of nitrogens with zero attached hydrogens (tertiary/aromatic N) is 5. The minimum atomic E-state index is -4.56. The number of hydrogen-bond donors (Lipinski definition) is 2. The summed E-state index contributed by atoms with van der Waals surface area (Å²) in [4.78, 5) is 25.1. The Morgan fingerprint density at radius 3 is 2.48 bits per heavy atom. The van der Waals surface area contributed by atoms with Gasteiger partial charge in [0, 0.05) is 24.6 Å². The van der Waals surface area contributed by atoms with Gasteiger partial charge in [0.2, 0.25) is 12.5 Å². The Balaban J connectivity index is 0.000000628. The standard InChI is InChI=1S/C20H23ClF3N5O.C4H7N.C3H5NO.C2H6/c1-28-8-3-4-12(28)11-30-19-26-15-10-29(9-7-13(15)18(25)27-19)16-6-2-5-14(21)17(16)20(22,23)24;1-3-4-5-2;1-2-3(4)5;1-2/h2,5-6,12H,3-4,7-11H2,1H3,(H2,25,26,27);3-4H2,1H3;2H,1H2,(H2,4,5);1-2H3/t12-;;;/m0.../s1. The van der Waals surface area contributed by atoms with E-state index in [1.165, 1.54) is 18.2 Å². The molecule has 0 aliphatic carbocycles. The Kier molecular flexibility index (Phi) is 15.7. The number of anilines is 2. The molecule has 2 aliphatic rings. The second-order valence-electron chi connectivity index (χ2n) is 9.20. The van der Waals surface area contributed by atoms with Crippen LogP contribution in [0.25, 0.3) is 4.85 Å². The molecule has 0 bridgehead atoms. The third-order valence-electron chi connectivity index (χ3n) is 6.31. The van der Waals surface area contributed by atoms with E-state index < -0.39 is 17.6 Å². The monoisotopic (exact) mass is 611 g/mol. The number of nitrogen functional groups attached to an aromatic ring is 1. The van der Waals surface area contributed by atoms with E-state index in [1.807, 2.05) is 27.8 Å². The average molecular weight is 612 g/mol. The minimum Gasteiger partial charge on any atom is -0.462 e. The topological polar surface area (TPSA) is 115 Å². The number of fused-ring (bicyclic) bond motifs is 1. The zero-order valence-electron chi connectivity index (χ0n) is 24.7. The number of aromatic nitrogens is 2. The highest BCUT2D eigenvalue weighted by Crippen LogP contribution is 2.42. The number of carbonyl (C=O) groups excluding carboxylic acids is 1. The number of benzene rings is 1. The van der Waals surface area contributed by atoms with E-state index in [1.54, 1.807) is 4.90 Å². The third-order valence-corrected chi connectivity index (χ3v) is 6.62. The lowest BCUT2D eigenvalue weighted by Crippen LogP contribution is -2.34. The highest BCUT2D eigenvalue weighted by molar-refractivity contribution is 6.31. The lowest BCUT2D eigenvalue weighted by molar-refractivity contribution is -0.137. The molecule has 0 radical (unpaired) electrons. The van der Waals surface area contributed by atoms with E-state index in [9.17, 15) is 18.0 Å². The van der Waals surface area contributed by atoms with Gasteiger partial charge in [0.25, 0.3) is 0 Å². The number of primary amides is 1. The molecule has 0 saturated carbocycles. The second-order valence-corrected chi connectivity index (χ2v) is 9.60. The van der Waals surface area contributed by atoms with Crippen LogP contribution < -0.4 is 21.1 Å². The first kappa shape index (κ1) is 36.5. The van der Waals surface area contributed by atoms with Gasteiger partial charge in [-0.25, -0.2) is 6.57 Å². The van der Waals surface area contributed by atoms with E-state index in [0.29, 0.717) is 43.7 Å². The number of halogens is 4. The zero-order valence-corrected chi connectivity index (χ0v) is 25.4. The van der Waals surface area contributed by atoms with Gasteiger partial charge >= 0.3 is 12.2 Å². The first-order valence-corrected chi connectivity index (χ1v) is 14.1. The number of likely N-dealkylation sites (tertiary alicyclic amines) is 1. The normalized spacial score (nSPS) is 15.8. The van der Waals surface area contributed by atoms with Crippen LogP contribution in [0.5, 0.6) is 6.01 Å². The Bertz CT molecular complexity index is 1200. The van der Waals surface area contributed by atoms with Crippen molar-refractivity contribution in [1.29, 1.82) is 0 Å². The molecule has 1 aromatic carbocycles. The number of likely N-dealkylation sites (N-methyl/N-ethyl adjacent to an activating group) is 1. The predicted molar refractivity (Wildman–Crippen MR) is 161 cm³/mol. The average Bonchev–Trinajstić information content (AvgIpc) is 3.37. The highest BCUT2D eigenvalue weighted by atomic mass is 35.5. The van der Waals surface area contributed by atoms with Crippen LogP contribution in [-0.2, 0) is 23.9 Å². The summed E-state index contributed by atoms with van der Waals surface area (Å²) in [5, 5.41) is -0.322. The fraction of sp³-hybridized carbons (Fsp3) is 0.517. The summed E-state index contributed by atoms with van der Waals surface area (Å²) in [5.41, 5.74) is 11.2. The van der Waals surface area contributed by atoms with Gasteiger partial charge in [-0.2, -0.15) is 23.1 Å². The summed E-state index contributed by atoms with van der Waals surface area (Å²) in [5.74, 6) is -0.165. The van der Waals surface area contributed by atoms with Gasteiger partial charge < -0.3 is 30.8 Å².